The first kappa shape index (κ1) is 12.5. The first-order valence-electron chi connectivity index (χ1n) is 7.20. The molecule has 2 saturated heterocycles. The van der Waals surface area contributed by atoms with Crippen LogP contribution in [0.1, 0.15) is 24.8 Å². The fourth-order valence-electron chi connectivity index (χ4n) is 4.20. The standard InChI is InChI=1S/C15H17F3N2/c16-15(17,18)11-2-1-3-12(7-11)19-8-14-10-4-5-13(6-10)20(14)9-19/h1-3,7,10,13-14H,4-6,8-9H2. The predicted molar refractivity (Wildman–Crippen MR) is 70.4 cm³/mol. The average molecular weight is 282 g/mol. The number of hydrogen-bond acceptors (Lipinski definition) is 2. The third-order valence-corrected chi connectivity index (χ3v) is 5.16. The van der Waals surface area contributed by atoms with Crippen molar-refractivity contribution in [3.63, 3.8) is 0 Å². The van der Waals surface area contributed by atoms with Gasteiger partial charge in [-0.25, -0.2) is 0 Å². The summed E-state index contributed by atoms with van der Waals surface area (Å²) in [5.74, 6) is 0.760. The molecular formula is C15H17F3N2. The zero-order valence-corrected chi connectivity index (χ0v) is 11.1. The van der Waals surface area contributed by atoms with E-state index in [4.69, 9.17) is 0 Å². The van der Waals surface area contributed by atoms with Crippen molar-refractivity contribution < 1.29 is 13.2 Å². The second-order valence-electron chi connectivity index (χ2n) is 6.22. The van der Waals surface area contributed by atoms with Crippen LogP contribution in [-0.4, -0.2) is 30.2 Å². The summed E-state index contributed by atoms with van der Waals surface area (Å²) < 4.78 is 38.4. The van der Waals surface area contributed by atoms with Crippen LogP contribution in [0, 0.1) is 5.92 Å². The fraction of sp³-hybridized carbons (Fsp3) is 0.600. The Labute approximate surface area is 116 Å². The molecule has 0 radical (unpaired) electrons. The van der Waals surface area contributed by atoms with Crippen molar-refractivity contribution in [2.75, 3.05) is 18.1 Å². The summed E-state index contributed by atoms with van der Waals surface area (Å²) in [6.07, 6.45) is -0.411. The van der Waals surface area contributed by atoms with Gasteiger partial charge < -0.3 is 4.90 Å². The number of anilines is 1. The van der Waals surface area contributed by atoms with Crippen molar-refractivity contribution in [2.24, 2.45) is 5.92 Å². The molecule has 20 heavy (non-hydrogen) atoms. The molecule has 0 spiro atoms. The fourth-order valence-corrected chi connectivity index (χ4v) is 4.20. The summed E-state index contributed by atoms with van der Waals surface area (Å²) in [5.41, 5.74) is 0.152. The minimum atomic E-state index is -4.26. The zero-order valence-electron chi connectivity index (χ0n) is 11.1. The Morgan fingerprint density at radius 3 is 2.75 bits per heavy atom. The van der Waals surface area contributed by atoms with Gasteiger partial charge in [0.1, 0.15) is 0 Å². The molecule has 2 aliphatic heterocycles. The highest BCUT2D eigenvalue weighted by molar-refractivity contribution is 5.50. The van der Waals surface area contributed by atoms with Crippen molar-refractivity contribution in [2.45, 2.75) is 37.5 Å². The van der Waals surface area contributed by atoms with E-state index in [2.05, 4.69) is 9.80 Å². The maximum atomic E-state index is 12.8. The van der Waals surface area contributed by atoms with E-state index >= 15 is 0 Å². The van der Waals surface area contributed by atoms with Crippen LogP contribution in [0.2, 0.25) is 0 Å². The van der Waals surface area contributed by atoms with Crippen molar-refractivity contribution >= 4 is 5.69 Å². The largest absolute Gasteiger partial charge is 0.416 e. The van der Waals surface area contributed by atoms with Crippen LogP contribution in [0.3, 0.4) is 0 Å². The molecule has 3 aliphatic rings. The minimum Gasteiger partial charge on any atom is -0.357 e. The number of nitrogens with zero attached hydrogens (tertiary/aromatic N) is 2. The number of halogens is 3. The zero-order chi connectivity index (χ0) is 13.9. The summed E-state index contributed by atoms with van der Waals surface area (Å²) in [6.45, 7) is 1.66. The van der Waals surface area contributed by atoms with Gasteiger partial charge in [0.25, 0.3) is 0 Å². The van der Waals surface area contributed by atoms with Crippen LogP contribution in [0.25, 0.3) is 0 Å². The van der Waals surface area contributed by atoms with E-state index in [1.54, 1.807) is 6.07 Å². The van der Waals surface area contributed by atoms with Gasteiger partial charge in [-0.15, -0.1) is 0 Å². The van der Waals surface area contributed by atoms with Crippen LogP contribution in [0.5, 0.6) is 0 Å². The molecule has 2 bridgehead atoms. The van der Waals surface area contributed by atoms with Gasteiger partial charge >= 0.3 is 6.18 Å². The molecule has 2 nitrogen and oxygen atoms in total. The number of alkyl halides is 3. The summed E-state index contributed by atoms with van der Waals surface area (Å²) in [6, 6.07) is 6.95. The van der Waals surface area contributed by atoms with Crippen LogP contribution >= 0.6 is 0 Å². The van der Waals surface area contributed by atoms with Crippen molar-refractivity contribution in [3.05, 3.63) is 29.8 Å². The molecule has 1 saturated carbocycles. The van der Waals surface area contributed by atoms with Crippen molar-refractivity contribution in [3.8, 4) is 0 Å². The van der Waals surface area contributed by atoms with Gasteiger partial charge in [0.05, 0.1) is 12.2 Å². The molecule has 0 amide bonds. The van der Waals surface area contributed by atoms with Gasteiger partial charge in [-0.1, -0.05) is 6.07 Å². The first-order chi connectivity index (χ1) is 9.52. The molecule has 1 aliphatic carbocycles. The molecule has 2 heterocycles. The summed E-state index contributed by atoms with van der Waals surface area (Å²) in [5, 5.41) is 0. The van der Waals surface area contributed by atoms with Crippen molar-refractivity contribution in [1.82, 2.24) is 4.90 Å². The van der Waals surface area contributed by atoms with Crippen LogP contribution in [-0.2, 0) is 6.18 Å². The smallest absolute Gasteiger partial charge is 0.357 e. The molecule has 5 heteroatoms. The number of benzene rings is 1. The van der Waals surface area contributed by atoms with Gasteiger partial charge in [0, 0.05) is 24.3 Å². The third kappa shape index (κ3) is 1.83. The summed E-state index contributed by atoms with van der Waals surface area (Å²) >= 11 is 0. The molecule has 4 rings (SSSR count). The molecule has 3 unspecified atom stereocenters. The molecule has 108 valence electrons. The molecule has 3 fully saturated rings. The van der Waals surface area contributed by atoms with E-state index in [0.29, 0.717) is 17.8 Å². The lowest BCUT2D eigenvalue weighted by Crippen LogP contribution is -2.36. The maximum absolute atomic E-state index is 12.8. The predicted octanol–water partition coefficient (Wildman–Crippen LogP) is 3.34. The van der Waals surface area contributed by atoms with Crippen LogP contribution < -0.4 is 4.90 Å². The van der Waals surface area contributed by atoms with E-state index in [1.807, 2.05) is 0 Å². The summed E-state index contributed by atoms with van der Waals surface area (Å²) in [7, 11) is 0. The first-order valence-corrected chi connectivity index (χ1v) is 7.20. The second-order valence-corrected chi connectivity index (χ2v) is 6.22. The van der Waals surface area contributed by atoms with Gasteiger partial charge in [0.15, 0.2) is 0 Å². The Hall–Kier alpha value is -1.23. The topological polar surface area (TPSA) is 6.48 Å². The average Bonchev–Trinajstić information content (AvgIpc) is 3.10. The van der Waals surface area contributed by atoms with Crippen LogP contribution in [0.15, 0.2) is 24.3 Å². The molecule has 3 atom stereocenters. The number of piperidine rings is 1. The van der Waals surface area contributed by atoms with Gasteiger partial charge in [0.2, 0.25) is 0 Å². The maximum Gasteiger partial charge on any atom is 0.416 e. The monoisotopic (exact) mass is 282 g/mol. The van der Waals surface area contributed by atoms with Crippen molar-refractivity contribution in [1.29, 1.82) is 0 Å². The van der Waals surface area contributed by atoms with Crippen LogP contribution in [0.4, 0.5) is 18.9 Å². The second kappa shape index (κ2) is 4.13. The Balaban J connectivity index is 1.58. The quantitative estimate of drug-likeness (QED) is 0.779. The van der Waals surface area contributed by atoms with E-state index in [0.717, 1.165) is 25.2 Å². The Kier molecular flexibility index (Phi) is 2.58. The highest BCUT2D eigenvalue weighted by atomic mass is 19.4. The SMILES string of the molecule is FC(F)(F)c1cccc(N2CC3C4CCC(C4)N3C2)c1. The lowest BCUT2D eigenvalue weighted by atomic mass is 10.00. The normalized spacial score (nSPS) is 33.0. The Bertz CT molecular complexity index is 510. The molecular weight excluding hydrogens is 265 g/mol. The van der Waals surface area contributed by atoms with E-state index in [-0.39, 0.29) is 0 Å². The Morgan fingerprint density at radius 2 is 2.00 bits per heavy atom. The van der Waals surface area contributed by atoms with Gasteiger partial charge in [-0.2, -0.15) is 13.2 Å². The molecule has 0 N–H and O–H groups in total. The number of rotatable bonds is 1. The molecule has 0 aromatic heterocycles. The van der Waals surface area contributed by atoms with Gasteiger partial charge in [-0.3, -0.25) is 4.90 Å². The van der Waals surface area contributed by atoms with E-state index < -0.39 is 11.7 Å². The summed E-state index contributed by atoms with van der Waals surface area (Å²) in [4.78, 5) is 4.60. The highest BCUT2D eigenvalue weighted by Crippen LogP contribution is 2.46. The Morgan fingerprint density at radius 1 is 1.15 bits per heavy atom. The molecule has 1 aromatic carbocycles. The third-order valence-electron chi connectivity index (χ3n) is 5.16. The minimum absolute atomic E-state index is 0.551. The highest BCUT2D eigenvalue weighted by Gasteiger charge is 2.49. The van der Waals surface area contributed by atoms with E-state index in [1.165, 1.54) is 31.4 Å². The number of fused-ring (bicyclic) bond motifs is 5. The lowest BCUT2D eigenvalue weighted by molar-refractivity contribution is -0.137. The lowest BCUT2D eigenvalue weighted by Gasteiger charge is -2.27. The number of hydrogen-bond donors (Lipinski definition) is 0. The van der Waals surface area contributed by atoms with E-state index in [9.17, 15) is 13.2 Å². The molecule has 1 aromatic rings. The van der Waals surface area contributed by atoms with Gasteiger partial charge in [-0.05, 0) is 43.4 Å².